The predicted molar refractivity (Wildman–Crippen MR) is 61.8 cm³/mol. The summed E-state index contributed by atoms with van der Waals surface area (Å²) in [6.45, 7) is 0. The first kappa shape index (κ1) is 10.6. The van der Waals surface area contributed by atoms with Gasteiger partial charge in [-0.3, -0.25) is 9.97 Å². The van der Waals surface area contributed by atoms with Crippen LogP contribution in [0.3, 0.4) is 0 Å². The highest BCUT2D eigenvalue weighted by Crippen LogP contribution is 2.25. The first-order valence-corrected chi connectivity index (χ1v) is 5.11. The average Bonchev–Trinajstić information content (AvgIpc) is 2.31. The van der Waals surface area contributed by atoms with Gasteiger partial charge >= 0.3 is 0 Å². The van der Waals surface area contributed by atoms with Crippen molar-refractivity contribution in [1.82, 2.24) is 9.97 Å². The van der Waals surface area contributed by atoms with Crippen LogP contribution in [-0.4, -0.2) is 9.97 Å². The lowest BCUT2D eigenvalue weighted by Gasteiger charge is -2.04. The molecule has 0 aromatic carbocycles. The third-order valence-electron chi connectivity index (χ3n) is 2.13. The summed E-state index contributed by atoms with van der Waals surface area (Å²) in [6, 6.07) is 7.52. The van der Waals surface area contributed by atoms with Crippen LogP contribution in [0, 0.1) is 11.3 Å². The maximum Gasteiger partial charge on any atom is 0.0889 e. The van der Waals surface area contributed by atoms with Gasteiger partial charge in [-0.25, -0.2) is 0 Å². The van der Waals surface area contributed by atoms with Gasteiger partial charge < -0.3 is 0 Å². The number of hydrogen-bond acceptors (Lipinski definition) is 3. The highest BCUT2D eigenvalue weighted by Gasteiger charge is 2.05. The van der Waals surface area contributed by atoms with E-state index < -0.39 is 0 Å². The zero-order valence-corrected chi connectivity index (χ0v) is 9.15. The van der Waals surface area contributed by atoms with Crippen LogP contribution in [0.2, 0.25) is 5.02 Å². The standard InChI is InChI=1S/C12H8ClN3/c13-11-7-9(1-4-14)8-16-12(11)10-2-5-15-6-3-10/h2-3,5-8H,1H2. The highest BCUT2D eigenvalue weighted by molar-refractivity contribution is 6.33. The van der Waals surface area contributed by atoms with Crippen LogP contribution >= 0.6 is 11.6 Å². The minimum Gasteiger partial charge on any atom is -0.265 e. The molecule has 0 saturated carbocycles. The first-order valence-electron chi connectivity index (χ1n) is 4.73. The van der Waals surface area contributed by atoms with Gasteiger partial charge in [-0.05, 0) is 23.8 Å². The van der Waals surface area contributed by atoms with Crippen molar-refractivity contribution in [1.29, 1.82) is 5.26 Å². The molecule has 16 heavy (non-hydrogen) atoms. The van der Waals surface area contributed by atoms with Gasteiger partial charge in [0.2, 0.25) is 0 Å². The molecule has 3 nitrogen and oxygen atoms in total. The second-order valence-corrected chi connectivity index (χ2v) is 3.65. The van der Waals surface area contributed by atoms with E-state index in [2.05, 4.69) is 16.0 Å². The van der Waals surface area contributed by atoms with Crippen molar-refractivity contribution in [2.45, 2.75) is 6.42 Å². The molecule has 4 heteroatoms. The number of hydrogen-bond donors (Lipinski definition) is 0. The second-order valence-electron chi connectivity index (χ2n) is 3.24. The van der Waals surface area contributed by atoms with Gasteiger partial charge in [0.05, 0.1) is 23.2 Å². The molecule has 0 atom stereocenters. The van der Waals surface area contributed by atoms with Crippen molar-refractivity contribution in [2.24, 2.45) is 0 Å². The van der Waals surface area contributed by atoms with E-state index >= 15 is 0 Å². The lowest BCUT2D eigenvalue weighted by atomic mass is 10.1. The molecule has 0 aliphatic heterocycles. The fourth-order valence-corrected chi connectivity index (χ4v) is 1.69. The second kappa shape index (κ2) is 4.73. The van der Waals surface area contributed by atoms with Crippen LogP contribution in [0.4, 0.5) is 0 Å². The van der Waals surface area contributed by atoms with E-state index in [0.717, 1.165) is 11.1 Å². The largest absolute Gasteiger partial charge is 0.265 e. The summed E-state index contributed by atoms with van der Waals surface area (Å²) in [7, 11) is 0. The normalized spacial score (nSPS) is 9.75. The van der Waals surface area contributed by atoms with Crippen LogP contribution in [0.1, 0.15) is 5.56 Å². The molecule has 0 aliphatic rings. The van der Waals surface area contributed by atoms with Crippen LogP contribution in [0.5, 0.6) is 0 Å². The van der Waals surface area contributed by atoms with Gasteiger partial charge in [-0.15, -0.1) is 0 Å². The van der Waals surface area contributed by atoms with Gasteiger partial charge in [0, 0.05) is 24.2 Å². The molecule has 0 saturated heterocycles. The minimum absolute atomic E-state index is 0.323. The fraction of sp³-hybridized carbons (Fsp3) is 0.0833. The quantitative estimate of drug-likeness (QED) is 0.796. The number of pyridine rings is 2. The molecule has 0 unspecified atom stereocenters. The molecule has 2 heterocycles. The Labute approximate surface area is 98.4 Å². The minimum atomic E-state index is 0.323. The summed E-state index contributed by atoms with van der Waals surface area (Å²) in [4.78, 5) is 8.19. The molecule has 0 bridgehead atoms. The number of aromatic nitrogens is 2. The lowest BCUT2D eigenvalue weighted by molar-refractivity contribution is 1.19. The number of nitrogens with zero attached hydrogens (tertiary/aromatic N) is 3. The maximum absolute atomic E-state index is 8.57. The average molecular weight is 230 g/mol. The summed E-state index contributed by atoms with van der Waals surface area (Å²) in [5.41, 5.74) is 2.46. The molecule has 0 radical (unpaired) electrons. The van der Waals surface area contributed by atoms with Gasteiger partial charge in [-0.2, -0.15) is 5.26 Å². The summed E-state index contributed by atoms with van der Waals surface area (Å²) < 4.78 is 0. The topological polar surface area (TPSA) is 49.6 Å². The molecule has 2 aromatic heterocycles. The molecule has 78 valence electrons. The van der Waals surface area contributed by atoms with Crippen molar-refractivity contribution >= 4 is 11.6 Å². The van der Waals surface area contributed by atoms with Crippen LogP contribution in [0.25, 0.3) is 11.3 Å². The Morgan fingerprint density at radius 2 is 2.06 bits per heavy atom. The van der Waals surface area contributed by atoms with Crippen molar-refractivity contribution in [3.63, 3.8) is 0 Å². The number of nitriles is 1. The smallest absolute Gasteiger partial charge is 0.0889 e. The Balaban J connectivity index is 2.41. The zero-order chi connectivity index (χ0) is 11.4. The summed E-state index contributed by atoms with van der Waals surface area (Å²) in [5, 5.41) is 9.12. The number of rotatable bonds is 2. The van der Waals surface area contributed by atoms with Gasteiger partial charge in [0.1, 0.15) is 0 Å². The van der Waals surface area contributed by atoms with Crippen LogP contribution in [-0.2, 0) is 6.42 Å². The van der Waals surface area contributed by atoms with Crippen molar-refractivity contribution in [2.75, 3.05) is 0 Å². The molecular weight excluding hydrogens is 222 g/mol. The molecule has 0 N–H and O–H groups in total. The molecule has 2 rings (SSSR count). The molecule has 2 aromatic rings. The van der Waals surface area contributed by atoms with E-state index in [4.69, 9.17) is 16.9 Å². The third-order valence-corrected chi connectivity index (χ3v) is 2.42. The van der Waals surface area contributed by atoms with Gasteiger partial charge in [0.25, 0.3) is 0 Å². The Hall–Kier alpha value is -1.92. The monoisotopic (exact) mass is 229 g/mol. The fourth-order valence-electron chi connectivity index (χ4n) is 1.39. The Morgan fingerprint density at radius 1 is 1.31 bits per heavy atom. The lowest BCUT2D eigenvalue weighted by Crippen LogP contribution is -1.89. The highest BCUT2D eigenvalue weighted by atomic mass is 35.5. The van der Waals surface area contributed by atoms with Crippen molar-refractivity contribution in [3.05, 3.63) is 47.4 Å². The Bertz CT molecular complexity index is 532. The van der Waals surface area contributed by atoms with Crippen molar-refractivity contribution < 1.29 is 0 Å². The molecular formula is C12H8ClN3. The Kier molecular flexibility index (Phi) is 3.13. The van der Waals surface area contributed by atoms with E-state index in [1.165, 1.54) is 0 Å². The van der Waals surface area contributed by atoms with Crippen LogP contribution in [0.15, 0.2) is 36.8 Å². The summed E-state index contributed by atoms with van der Waals surface area (Å²) >= 11 is 6.11. The van der Waals surface area contributed by atoms with Gasteiger partial charge in [0.15, 0.2) is 0 Å². The molecule has 0 amide bonds. The van der Waals surface area contributed by atoms with E-state index in [-0.39, 0.29) is 0 Å². The summed E-state index contributed by atoms with van der Waals surface area (Å²) in [6.07, 6.45) is 5.38. The Morgan fingerprint density at radius 3 is 2.69 bits per heavy atom. The van der Waals surface area contributed by atoms with E-state index in [1.54, 1.807) is 24.7 Å². The molecule has 0 aliphatic carbocycles. The van der Waals surface area contributed by atoms with Crippen LogP contribution < -0.4 is 0 Å². The van der Waals surface area contributed by atoms with E-state index in [0.29, 0.717) is 17.1 Å². The maximum atomic E-state index is 8.57. The SMILES string of the molecule is N#CCc1cnc(-c2ccncc2)c(Cl)c1. The van der Waals surface area contributed by atoms with Crippen molar-refractivity contribution in [3.8, 4) is 17.3 Å². The zero-order valence-electron chi connectivity index (χ0n) is 8.39. The summed E-state index contributed by atoms with van der Waals surface area (Å²) in [5.74, 6) is 0. The van der Waals surface area contributed by atoms with E-state index in [1.807, 2.05) is 12.1 Å². The molecule has 0 spiro atoms. The van der Waals surface area contributed by atoms with E-state index in [9.17, 15) is 0 Å². The predicted octanol–water partition coefficient (Wildman–Crippen LogP) is 2.86. The third kappa shape index (κ3) is 2.18. The first-order chi connectivity index (χ1) is 7.81. The molecule has 0 fully saturated rings. The number of halogens is 1. The van der Waals surface area contributed by atoms with Gasteiger partial charge in [-0.1, -0.05) is 11.6 Å².